The molecule has 0 N–H and O–H groups in total. The summed E-state index contributed by atoms with van der Waals surface area (Å²) in [5, 5.41) is 5.70. The highest BCUT2D eigenvalue weighted by Crippen LogP contribution is 2.19. The molecule has 0 radical (unpaired) electrons. The minimum atomic E-state index is 0.629. The summed E-state index contributed by atoms with van der Waals surface area (Å²) in [7, 11) is 0. The maximum atomic E-state index is 5.40. The van der Waals surface area contributed by atoms with Crippen LogP contribution < -0.4 is 0 Å². The van der Waals surface area contributed by atoms with Crippen molar-refractivity contribution in [2.24, 2.45) is 5.92 Å². The van der Waals surface area contributed by atoms with Gasteiger partial charge in [-0.3, -0.25) is 4.68 Å². The van der Waals surface area contributed by atoms with Crippen LogP contribution in [0.2, 0.25) is 0 Å². The van der Waals surface area contributed by atoms with Gasteiger partial charge in [0, 0.05) is 24.5 Å². The van der Waals surface area contributed by atoms with Crippen LogP contribution in [0.25, 0.3) is 10.9 Å². The van der Waals surface area contributed by atoms with E-state index in [1.54, 1.807) is 0 Å². The second kappa shape index (κ2) is 3.91. The Balaban J connectivity index is 1.91. The Morgan fingerprint density at radius 2 is 2.44 bits per heavy atom. The van der Waals surface area contributed by atoms with Crippen molar-refractivity contribution in [2.45, 2.75) is 19.9 Å². The Kier molecular flexibility index (Phi) is 2.40. The summed E-state index contributed by atoms with van der Waals surface area (Å²) in [6.07, 6.45) is 3.12. The highest BCUT2D eigenvalue weighted by atomic mass is 16.5. The van der Waals surface area contributed by atoms with Crippen LogP contribution in [-0.4, -0.2) is 23.0 Å². The van der Waals surface area contributed by atoms with Crippen molar-refractivity contribution < 1.29 is 4.74 Å². The number of hydrogen-bond donors (Lipinski definition) is 0. The molecule has 0 bridgehead atoms. The van der Waals surface area contributed by atoms with E-state index in [-0.39, 0.29) is 0 Å². The third kappa shape index (κ3) is 1.71. The van der Waals surface area contributed by atoms with E-state index in [0.29, 0.717) is 5.92 Å². The first kappa shape index (κ1) is 9.85. The summed E-state index contributed by atoms with van der Waals surface area (Å²) in [6.45, 7) is 4.88. The van der Waals surface area contributed by atoms with E-state index in [0.717, 1.165) is 26.2 Å². The summed E-state index contributed by atoms with van der Waals surface area (Å²) in [6, 6.07) is 6.49. The third-order valence-electron chi connectivity index (χ3n) is 3.25. The van der Waals surface area contributed by atoms with Crippen molar-refractivity contribution in [3.05, 3.63) is 30.0 Å². The number of ether oxygens (including phenoxy) is 1. The molecule has 0 spiro atoms. The van der Waals surface area contributed by atoms with Crippen LogP contribution in [0.15, 0.2) is 24.4 Å². The summed E-state index contributed by atoms with van der Waals surface area (Å²) < 4.78 is 7.50. The van der Waals surface area contributed by atoms with Gasteiger partial charge >= 0.3 is 0 Å². The normalized spacial score (nSPS) is 20.7. The second-order valence-corrected chi connectivity index (χ2v) is 4.62. The number of benzene rings is 1. The predicted octanol–water partition coefficient (Wildman–Crippen LogP) is 2.38. The molecule has 1 saturated heterocycles. The third-order valence-corrected chi connectivity index (χ3v) is 3.25. The standard InChI is InChI=1S/C13H16N2O/c1-10-2-3-13-12(6-10)7-14-15(13)8-11-4-5-16-9-11/h2-3,6-7,11H,4-5,8-9H2,1H3. The topological polar surface area (TPSA) is 27.1 Å². The molecule has 1 aromatic heterocycles. The van der Waals surface area contributed by atoms with Gasteiger partial charge in [0.15, 0.2) is 0 Å². The molecule has 0 amide bonds. The maximum absolute atomic E-state index is 5.40. The fourth-order valence-electron chi connectivity index (χ4n) is 2.32. The zero-order valence-electron chi connectivity index (χ0n) is 9.52. The van der Waals surface area contributed by atoms with Gasteiger partial charge in [-0.15, -0.1) is 0 Å². The summed E-state index contributed by atoms with van der Waals surface area (Å²) in [5.41, 5.74) is 2.52. The lowest BCUT2D eigenvalue weighted by molar-refractivity contribution is 0.182. The summed E-state index contributed by atoms with van der Waals surface area (Å²) in [5.74, 6) is 0.629. The number of fused-ring (bicyclic) bond motifs is 1. The van der Waals surface area contributed by atoms with E-state index in [1.807, 2.05) is 6.20 Å². The Labute approximate surface area is 95.0 Å². The molecule has 84 valence electrons. The average molecular weight is 216 g/mol. The zero-order valence-corrected chi connectivity index (χ0v) is 9.52. The largest absolute Gasteiger partial charge is 0.381 e. The predicted molar refractivity (Wildman–Crippen MR) is 63.4 cm³/mol. The quantitative estimate of drug-likeness (QED) is 0.770. The number of nitrogens with zero attached hydrogens (tertiary/aromatic N) is 2. The highest BCUT2D eigenvalue weighted by molar-refractivity contribution is 5.79. The van der Waals surface area contributed by atoms with Crippen LogP contribution >= 0.6 is 0 Å². The molecule has 1 unspecified atom stereocenters. The fourth-order valence-corrected chi connectivity index (χ4v) is 2.32. The van der Waals surface area contributed by atoms with Crippen LogP contribution in [0.3, 0.4) is 0 Å². The van der Waals surface area contributed by atoms with Crippen LogP contribution in [-0.2, 0) is 11.3 Å². The molecular weight excluding hydrogens is 200 g/mol. The first-order valence-electron chi connectivity index (χ1n) is 5.83. The van der Waals surface area contributed by atoms with Crippen molar-refractivity contribution in [3.8, 4) is 0 Å². The number of hydrogen-bond acceptors (Lipinski definition) is 2. The molecule has 1 aliphatic rings. The van der Waals surface area contributed by atoms with E-state index in [4.69, 9.17) is 4.74 Å². The fraction of sp³-hybridized carbons (Fsp3) is 0.462. The Bertz CT molecular complexity index is 498. The average Bonchev–Trinajstić information content (AvgIpc) is 2.89. The van der Waals surface area contributed by atoms with Crippen LogP contribution in [0.1, 0.15) is 12.0 Å². The first-order chi connectivity index (χ1) is 7.83. The molecule has 0 aliphatic carbocycles. The Morgan fingerprint density at radius 3 is 3.25 bits per heavy atom. The van der Waals surface area contributed by atoms with Gasteiger partial charge in [0.1, 0.15) is 0 Å². The van der Waals surface area contributed by atoms with Gasteiger partial charge in [-0.2, -0.15) is 5.10 Å². The molecule has 0 saturated carbocycles. The van der Waals surface area contributed by atoms with Crippen molar-refractivity contribution in [1.29, 1.82) is 0 Å². The number of aromatic nitrogens is 2. The molecule has 3 rings (SSSR count). The highest BCUT2D eigenvalue weighted by Gasteiger charge is 2.17. The second-order valence-electron chi connectivity index (χ2n) is 4.62. The van der Waals surface area contributed by atoms with E-state index in [2.05, 4.69) is 34.9 Å². The lowest BCUT2D eigenvalue weighted by Crippen LogP contribution is -2.11. The van der Waals surface area contributed by atoms with Gasteiger partial charge in [-0.1, -0.05) is 11.6 Å². The van der Waals surface area contributed by atoms with E-state index in [1.165, 1.54) is 16.5 Å². The molecule has 16 heavy (non-hydrogen) atoms. The molecular formula is C13H16N2O. The molecule has 2 heterocycles. The van der Waals surface area contributed by atoms with E-state index in [9.17, 15) is 0 Å². The van der Waals surface area contributed by atoms with Gasteiger partial charge < -0.3 is 4.74 Å². The zero-order chi connectivity index (χ0) is 11.0. The maximum Gasteiger partial charge on any atom is 0.0682 e. The molecule has 1 aromatic carbocycles. The summed E-state index contributed by atoms with van der Waals surface area (Å²) >= 11 is 0. The van der Waals surface area contributed by atoms with Crippen molar-refractivity contribution in [2.75, 3.05) is 13.2 Å². The monoisotopic (exact) mass is 216 g/mol. The smallest absolute Gasteiger partial charge is 0.0682 e. The lowest BCUT2D eigenvalue weighted by Gasteiger charge is -2.08. The molecule has 1 aliphatic heterocycles. The Hall–Kier alpha value is -1.35. The van der Waals surface area contributed by atoms with E-state index < -0.39 is 0 Å². The van der Waals surface area contributed by atoms with Gasteiger partial charge in [0.05, 0.1) is 18.3 Å². The van der Waals surface area contributed by atoms with Gasteiger partial charge in [0.2, 0.25) is 0 Å². The minimum absolute atomic E-state index is 0.629. The SMILES string of the molecule is Cc1ccc2c(cnn2CC2CCOC2)c1. The molecule has 3 heteroatoms. The summed E-state index contributed by atoms with van der Waals surface area (Å²) in [4.78, 5) is 0. The number of aryl methyl sites for hydroxylation is 1. The molecule has 1 fully saturated rings. The van der Waals surface area contributed by atoms with Crippen LogP contribution in [0, 0.1) is 12.8 Å². The molecule has 3 nitrogen and oxygen atoms in total. The Morgan fingerprint density at radius 1 is 1.50 bits per heavy atom. The lowest BCUT2D eigenvalue weighted by atomic mass is 10.1. The number of rotatable bonds is 2. The first-order valence-corrected chi connectivity index (χ1v) is 5.83. The van der Waals surface area contributed by atoms with Crippen molar-refractivity contribution in [1.82, 2.24) is 9.78 Å². The van der Waals surface area contributed by atoms with Crippen molar-refractivity contribution >= 4 is 10.9 Å². The minimum Gasteiger partial charge on any atom is -0.381 e. The van der Waals surface area contributed by atoms with Gasteiger partial charge in [-0.05, 0) is 25.5 Å². The molecule has 1 atom stereocenters. The van der Waals surface area contributed by atoms with Crippen LogP contribution in [0.4, 0.5) is 0 Å². The molecule has 2 aromatic rings. The van der Waals surface area contributed by atoms with Gasteiger partial charge in [-0.25, -0.2) is 0 Å². The van der Waals surface area contributed by atoms with Crippen molar-refractivity contribution in [3.63, 3.8) is 0 Å². The van der Waals surface area contributed by atoms with Crippen LogP contribution in [0.5, 0.6) is 0 Å². The van der Waals surface area contributed by atoms with Gasteiger partial charge in [0.25, 0.3) is 0 Å². The van der Waals surface area contributed by atoms with E-state index >= 15 is 0 Å².